The third-order valence-corrected chi connectivity index (χ3v) is 5.73. The number of aliphatic hydroxyl groups excluding tert-OH is 1. The summed E-state index contributed by atoms with van der Waals surface area (Å²) in [6.45, 7) is 4.87. The molecule has 2 N–H and O–H groups in total. The van der Waals surface area contributed by atoms with Crippen molar-refractivity contribution in [2.75, 3.05) is 18.5 Å². The van der Waals surface area contributed by atoms with Crippen LogP contribution in [0.15, 0.2) is 30.5 Å². The zero-order valence-electron chi connectivity index (χ0n) is 20.0. The van der Waals surface area contributed by atoms with Crippen molar-refractivity contribution >= 4 is 11.9 Å². The Morgan fingerprint density at radius 3 is 2.54 bits per heavy atom. The number of hydrogen-bond donors (Lipinski definition) is 2. The Morgan fingerprint density at radius 1 is 1.23 bits per heavy atom. The van der Waals surface area contributed by atoms with E-state index in [-0.39, 0.29) is 11.6 Å². The molecular weight excluding hydrogens is 465 g/mol. The maximum absolute atomic E-state index is 12.5. The van der Waals surface area contributed by atoms with Gasteiger partial charge in [0.15, 0.2) is 5.82 Å². The largest absolute Gasteiger partial charge is 0.573 e. The summed E-state index contributed by atoms with van der Waals surface area (Å²) in [6, 6.07) is 4.85. The van der Waals surface area contributed by atoms with Gasteiger partial charge >= 0.3 is 12.5 Å². The lowest BCUT2D eigenvalue weighted by molar-refractivity contribution is -0.274. The van der Waals surface area contributed by atoms with Gasteiger partial charge in [0.05, 0.1) is 18.3 Å². The molecular formula is C24H31F3N4O4. The van der Waals surface area contributed by atoms with Crippen LogP contribution in [0.3, 0.4) is 0 Å². The standard InChI is InChI=1S/C24H31F3N4O4/c1-15(2)12-13-31(3)22-21(16-8-10-17(11-9-16)35-24(25,26)27)30-20(14-28-22)34-23(33)29-18-6-4-5-7-19(18)32/h8-11,14-15,18-19,32H,4-7,12-13H2,1-3H3,(H,29,33)/t18-,19-/m1/s1. The number of nitrogens with one attached hydrogen (secondary N) is 1. The first-order valence-corrected chi connectivity index (χ1v) is 11.6. The van der Waals surface area contributed by atoms with Gasteiger partial charge in [-0.25, -0.2) is 14.8 Å². The van der Waals surface area contributed by atoms with Crippen LogP contribution in [-0.2, 0) is 0 Å². The molecule has 1 fully saturated rings. The summed E-state index contributed by atoms with van der Waals surface area (Å²) >= 11 is 0. The second kappa shape index (κ2) is 11.6. The Balaban J connectivity index is 1.83. The summed E-state index contributed by atoms with van der Waals surface area (Å²) in [4.78, 5) is 23.2. The highest BCUT2D eigenvalue weighted by Gasteiger charge is 2.31. The summed E-state index contributed by atoms with van der Waals surface area (Å²) in [7, 11) is 1.84. The fraction of sp³-hybridized carbons (Fsp3) is 0.542. The number of amides is 1. The molecule has 8 nitrogen and oxygen atoms in total. The van der Waals surface area contributed by atoms with Gasteiger partial charge in [0, 0.05) is 19.2 Å². The van der Waals surface area contributed by atoms with E-state index in [0.29, 0.717) is 42.4 Å². The highest BCUT2D eigenvalue weighted by Crippen LogP contribution is 2.31. The Labute approximate surface area is 202 Å². The Hall–Kier alpha value is -3.08. The first kappa shape index (κ1) is 26.5. The minimum Gasteiger partial charge on any atom is -0.406 e. The van der Waals surface area contributed by atoms with Gasteiger partial charge < -0.3 is 24.8 Å². The van der Waals surface area contributed by atoms with Gasteiger partial charge in [0.2, 0.25) is 5.88 Å². The number of halogens is 3. The van der Waals surface area contributed by atoms with E-state index in [1.54, 1.807) is 0 Å². The molecule has 2 atom stereocenters. The monoisotopic (exact) mass is 496 g/mol. The number of alkyl halides is 3. The number of carbonyl (C=O) groups is 1. The van der Waals surface area contributed by atoms with Gasteiger partial charge in [-0.3, -0.25) is 0 Å². The molecule has 1 aliphatic rings. The lowest BCUT2D eigenvalue weighted by Gasteiger charge is -2.27. The van der Waals surface area contributed by atoms with Crippen LogP contribution in [0.4, 0.5) is 23.8 Å². The van der Waals surface area contributed by atoms with Gasteiger partial charge in [0.25, 0.3) is 0 Å². The maximum Gasteiger partial charge on any atom is 0.573 e. The van der Waals surface area contributed by atoms with Crippen LogP contribution in [0.1, 0.15) is 46.0 Å². The van der Waals surface area contributed by atoms with Crippen LogP contribution in [0.5, 0.6) is 11.6 Å². The highest BCUT2D eigenvalue weighted by molar-refractivity contribution is 5.74. The van der Waals surface area contributed by atoms with Crippen molar-refractivity contribution in [2.45, 2.75) is 64.5 Å². The van der Waals surface area contributed by atoms with Gasteiger partial charge in [0.1, 0.15) is 11.4 Å². The number of aromatic nitrogens is 2. The molecule has 0 radical (unpaired) electrons. The van der Waals surface area contributed by atoms with Crippen LogP contribution in [0.2, 0.25) is 0 Å². The molecule has 1 saturated carbocycles. The Morgan fingerprint density at radius 2 is 1.91 bits per heavy atom. The number of aliphatic hydroxyl groups is 1. The third-order valence-electron chi connectivity index (χ3n) is 5.73. The Bertz CT molecular complexity index is 986. The number of rotatable bonds is 8. The topological polar surface area (TPSA) is 96.8 Å². The predicted octanol–water partition coefficient (Wildman–Crippen LogP) is 4.92. The van der Waals surface area contributed by atoms with E-state index in [0.717, 1.165) is 19.3 Å². The lowest BCUT2D eigenvalue weighted by atomic mass is 9.93. The molecule has 11 heteroatoms. The molecule has 1 amide bonds. The summed E-state index contributed by atoms with van der Waals surface area (Å²) in [5.41, 5.74) is 0.824. The highest BCUT2D eigenvalue weighted by atomic mass is 19.4. The Kier molecular flexibility index (Phi) is 8.76. The minimum atomic E-state index is -4.80. The quantitative estimate of drug-likeness (QED) is 0.536. The number of benzene rings is 1. The predicted molar refractivity (Wildman–Crippen MR) is 124 cm³/mol. The zero-order chi connectivity index (χ0) is 25.6. The van der Waals surface area contributed by atoms with Crippen LogP contribution < -0.4 is 19.7 Å². The average molecular weight is 497 g/mol. The summed E-state index contributed by atoms with van der Waals surface area (Å²) in [5.74, 6) is 0.515. The van der Waals surface area contributed by atoms with Gasteiger partial charge in [-0.15, -0.1) is 13.2 Å². The molecule has 2 aromatic rings. The van der Waals surface area contributed by atoms with Gasteiger partial charge in [-0.05, 0) is 49.4 Å². The van der Waals surface area contributed by atoms with Crippen molar-refractivity contribution in [3.63, 3.8) is 0 Å². The molecule has 35 heavy (non-hydrogen) atoms. The van der Waals surface area contributed by atoms with E-state index in [9.17, 15) is 23.1 Å². The molecule has 1 aliphatic carbocycles. The van der Waals surface area contributed by atoms with Crippen LogP contribution in [-0.4, -0.2) is 53.3 Å². The fourth-order valence-corrected chi connectivity index (χ4v) is 3.82. The zero-order valence-corrected chi connectivity index (χ0v) is 20.0. The third kappa shape index (κ3) is 7.98. The summed E-state index contributed by atoms with van der Waals surface area (Å²) in [6.07, 6.45) is -0.906. The number of anilines is 1. The molecule has 0 aliphatic heterocycles. The molecule has 192 valence electrons. The fourth-order valence-electron chi connectivity index (χ4n) is 3.82. The number of carbonyl (C=O) groups excluding carboxylic acids is 1. The smallest absolute Gasteiger partial charge is 0.406 e. The SMILES string of the molecule is CC(C)CCN(C)c1ncc(OC(=O)N[C@@H]2CCCC[C@H]2O)nc1-c1ccc(OC(F)(F)F)cc1. The summed E-state index contributed by atoms with van der Waals surface area (Å²) < 4.78 is 46.9. The molecule has 1 heterocycles. The van der Waals surface area contributed by atoms with E-state index >= 15 is 0 Å². The summed E-state index contributed by atoms with van der Waals surface area (Å²) in [5, 5.41) is 12.7. The average Bonchev–Trinajstić information content (AvgIpc) is 2.78. The van der Waals surface area contributed by atoms with Crippen molar-refractivity contribution in [1.29, 1.82) is 0 Å². The van der Waals surface area contributed by atoms with Crippen molar-refractivity contribution in [3.05, 3.63) is 30.5 Å². The molecule has 0 spiro atoms. The second-order valence-electron chi connectivity index (χ2n) is 9.05. The van der Waals surface area contributed by atoms with E-state index in [2.05, 4.69) is 33.9 Å². The molecule has 1 aromatic carbocycles. The van der Waals surface area contributed by atoms with Crippen molar-refractivity contribution in [2.24, 2.45) is 5.92 Å². The van der Waals surface area contributed by atoms with Crippen LogP contribution >= 0.6 is 0 Å². The van der Waals surface area contributed by atoms with Crippen molar-refractivity contribution in [1.82, 2.24) is 15.3 Å². The molecule has 1 aromatic heterocycles. The number of ether oxygens (including phenoxy) is 2. The van der Waals surface area contributed by atoms with Crippen molar-refractivity contribution < 1.29 is 32.5 Å². The number of hydrogen-bond acceptors (Lipinski definition) is 7. The number of nitrogens with zero attached hydrogens (tertiary/aromatic N) is 3. The van der Waals surface area contributed by atoms with E-state index < -0.39 is 24.6 Å². The van der Waals surface area contributed by atoms with E-state index in [4.69, 9.17) is 4.74 Å². The van der Waals surface area contributed by atoms with E-state index in [1.807, 2.05) is 11.9 Å². The van der Waals surface area contributed by atoms with Gasteiger partial charge in [-0.1, -0.05) is 26.7 Å². The molecule has 0 unspecified atom stereocenters. The second-order valence-corrected chi connectivity index (χ2v) is 9.05. The molecule has 0 saturated heterocycles. The lowest BCUT2D eigenvalue weighted by Crippen LogP contribution is -2.46. The minimum absolute atomic E-state index is 0.0700. The molecule has 0 bridgehead atoms. The molecule has 3 rings (SSSR count). The first-order valence-electron chi connectivity index (χ1n) is 11.6. The van der Waals surface area contributed by atoms with Gasteiger partial charge in [-0.2, -0.15) is 0 Å². The van der Waals surface area contributed by atoms with Crippen LogP contribution in [0.25, 0.3) is 11.3 Å². The first-order chi connectivity index (χ1) is 16.5. The maximum atomic E-state index is 12.5. The van der Waals surface area contributed by atoms with Crippen LogP contribution in [0, 0.1) is 5.92 Å². The van der Waals surface area contributed by atoms with E-state index in [1.165, 1.54) is 30.5 Å². The van der Waals surface area contributed by atoms with Crippen molar-refractivity contribution in [3.8, 4) is 22.9 Å². The normalized spacial score (nSPS) is 18.3.